The normalized spacial score (nSPS) is 13.2. The molecule has 2 nitrogen and oxygen atoms in total. The van der Waals surface area contributed by atoms with E-state index in [4.69, 9.17) is 0 Å². The van der Waals surface area contributed by atoms with Crippen LogP contribution in [0.15, 0.2) is 24.3 Å². The van der Waals surface area contributed by atoms with Crippen LogP contribution in [0.1, 0.15) is 70.1 Å². The molecule has 0 aliphatic rings. The van der Waals surface area contributed by atoms with Crippen LogP contribution >= 0.6 is 0 Å². The standard InChI is InChI=1S/C18H31NO/c1-14(2)7-5-6-12-19-13-18(20)17-10-8-16(9-11-17)15(3)4/h8-11,14-15,18-20H,5-7,12-13H2,1-4H3. The molecular formula is C18H31NO. The fourth-order valence-corrected chi connectivity index (χ4v) is 2.26. The van der Waals surface area contributed by atoms with Crippen molar-refractivity contribution in [3.8, 4) is 0 Å². The van der Waals surface area contributed by atoms with Gasteiger partial charge in [0.05, 0.1) is 6.10 Å². The first-order valence-electron chi connectivity index (χ1n) is 7.99. The minimum atomic E-state index is -0.402. The third-order valence-electron chi connectivity index (χ3n) is 3.71. The lowest BCUT2D eigenvalue weighted by Crippen LogP contribution is -2.22. The van der Waals surface area contributed by atoms with E-state index in [1.54, 1.807) is 0 Å². The Kier molecular flexibility index (Phi) is 7.86. The van der Waals surface area contributed by atoms with E-state index in [0.29, 0.717) is 12.5 Å². The second-order valence-corrected chi connectivity index (χ2v) is 6.43. The van der Waals surface area contributed by atoms with E-state index in [1.807, 2.05) is 12.1 Å². The van der Waals surface area contributed by atoms with Crippen LogP contribution in [-0.4, -0.2) is 18.2 Å². The van der Waals surface area contributed by atoms with Gasteiger partial charge in [0.1, 0.15) is 0 Å². The first kappa shape index (κ1) is 17.2. The van der Waals surface area contributed by atoms with Gasteiger partial charge in [0.25, 0.3) is 0 Å². The zero-order chi connectivity index (χ0) is 15.0. The van der Waals surface area contributed by atoms with Crippen molar-refractivity contribution in [1.29, 1.82) is 0 Å². The van der Waals surface area contributed by atoms with Gasteiger partial charge in [0.2, 0.25) is 0 Å². The summed E-state index contributed by atoms with van der Waals surface area (Å²) >= 11 is 0. The molecule has 2 N–H and O–H groups in total. The van der Waals surface area contributed by atoms with Crippen molar-refractivity contribution in [3.63, 3.8) is 0 Å². The van der Waals surface area contributed by atoms with E-state index in [-0.39, 0.29) is 0 Å². The molecule has 114 valence electrons. The fraction of sp³-hybridized carbons (Fsp3) is 0.667. The third-order valence-corrected chi connectivity index (χ3v) is 3.71. The number of hydrogen-bond acceptors (Lipinski definition) is 2. The molecular weight excluding hydrogens is 246 g/mol. The quantitative estimate of drug-likeness (QED) is 0.661. The van der Waals surface area contributed by atoms with E-state index in [2.05, 4.69) is 45.1 Å². The summed E-state index contributed by atoms with van der Waals surface area (Å²) in [6.45, 7) is 10.5. The van der Waals surface area contributed by atoms with Gasteiger partial charge >= 0.3 is 0 Å². The zero-order valence-electron chi connectivity index (χ0n) is 13.5. The molecule has 0 saturated heterocycles. The summed E-state index contributed by atoms with van der Waals surface area (Å²) in [5, 5.41) is 13.5. The summed E-state index contributed by atoms with van der Waals surface area (Å²) in [4.78, 5) is 0. The summed E-state index contributed by atoms with van der Waals surface area (Å²) in [7, 11) is 0. The van der Waals surface area contributed by atoms with Crippen molar-refractivity contribution in [3.05, 3.63) is 35.4 Å². The Bertz CT molecular complexity index is 356. The van der Waals surface area contributed by atoms with Crippen LogP contribution in [0.2, 0.25) is 0 Å². The van der Waals surface area contributed by atoms with Crippen LogP contribution in [0.25, 0.3) is 0 Å². The van der Waals surface area contributed by atoms with Gasteiger partial charge in [-0.1, -0.05) is 64.8 Å². The average Bonchev–Trinajstić information content (AvgIpc) is 2.42. The first-order valence-corrected chi connectivity index (χ1v) is 7.99. The molecule has 0 radical (unpaired) electrons. The second kappa shape index (κ2) is 9.15. The predicted octanol–water partition coefficient (Wildman–Crippen LogP) is 4.26. The predicted molar refractivity (Wildman–Crippen MR) is 87.0 cm³/mol. The minimum Gasteiger partial charge on any atom is -0.387 e. The summed E-state index contributed by atoms with van der Waals surface area (Å²) < 4.78 is 0. The first-order chi connectivity index (χ1) is 9.50. The van der Waals surface area contributed by atoms with E-state index >= 15 is 0 Å². The molecule has 1 aromatic carbocycles. The molecule has 0 amide bonds. The van der Waals surface area contributed by atoms with Gasteiger partial charge in [-0.3, -0.25) is 0 Å². The van der Waals surface area contributed by atoms with E-state index in [1.165, 1.54) is 24.8 Å². The number of benzene rings is 1. The molecule has 1 rings (SSSR count). The smallest absolute Gasteiger partial charge is 0.0914 e. The lowest BCUT2D eigenvalue weighted by molar-refractivity contribution is 0.174. The topological polar surface area (TPSA) is 32.3 Å². The highest BCUT2D eigenvalue weighted by atomic mass is 16.3. The van der Waals surface area contributed by atoms with Crippen LogP contribution < -0.4 is 5.32 Å². The number of aliphatic hydroxyl groups is 1. The average molecular weight is 277 g/mol. The molecule has 0 saturated carbocycles. The Morgan fingerprint density at radius 1 is 0.950 bits per heavy atom. The number of nitrogens with one attached hydrogen (secondary N) is 1. The molecule has 1 unspecified atom stereocenters. The van der Waals surface area contributed by atoms with Crippen molar-refractivity contribution in [2.75, 3.05) is 13.1 Å². The van der Waals surface area contributed by atoms with Gasteiger partial charge in [0, 0.05) is 6.54 Å². The SMILES string of the molecule is CC(C)CCCCNCC(O)c1ccc(C(C)C)cc1. The lowest BCUT2D eigenvalue weighted by Gasteiger charge is -2.14. The highest BCUT2D eigenvalue weighted by molar-refractivity contribution is 5.26. The molecule has 1 aromatic rings. The van der Waals surface area contributed by atoms with Crippen LogP contribution in [-0.2, 0) is 0 Å². The van der Waals surface area contributed by atoms with Gasteiger partial charge in [-0.05, 0) is 35.9 Å². The van der Waals surface area contributed by atoms with Crippen LogP contribution in [0.3, 0.4) is 0 Å². The maximum atomic E-state index is 10.1. The van der Waals surface area contributed by atoms with Crippen LogP contribution in [0.5, 0.6) is 0 Å². The molecule has 0 aliphatic carbocycles. The molecule has 0 heterocycles. The monoisotopic (exact) mass is 277 g/mol. The molecule has 0 bridgehead atoms. The van der Waals surface area contributed by atoms with E-state index in [0.717, 1.165) is 18.0 Å². The summed E-state index contributed by atoms with van der Waals surface area (Å²) in [6, 6.07) is 8.32. The molecule has 2 heteroatoms. The van der Waals surface area contributed by atoms with Crippen molar-refractivity contribution < 1.29 is 5.11 Å². The minimum absolute atomic E-state index is 0.402. The van der Waals surface area contributed by atoms with Crippen LogP contribution in [0, 0.1) is 5.92 Å². The van der Waals surface area contributed by atoms with Gasteiger partial charge in [0.15, 0.2) is 0 Å². The Balaban J connectivity index is 2.23. The molecule has 0 aliphatic heterocycles. The highest BCUT2D eigenvalue weighted by Gasteiger charge is 2.07. The number of unbranched alkanes of at least 4 members (excludes halogenated alkanes) is 1. The Labute approximate surface area is 124 Å². The lowest BCUT2D eigenvalue weighted by atomic mass is 10.00. The number of aliphatic hydroxyl groups excluding tert-OH is 1. The van der Waals surface area contributed by atoms with Crippen molar-refractivity contribution in [2.45, 2.75) is 59.0 Å². The third kappa shape index (κ3) is 6.53. The summed E-state index contributed by atoms with van der Waals surface area (Å²) in [6.07, 6.45) is 3.35. The molecule has 0 spiro atoms. The van der Waals surface area contributed by atoms with Crippen molar-refractivity contribution in [2.24, 2.45) is 5.92 Å². The van der Waals surface area contributed by atoms with E-state index < -0.39 is 6.10 Å². The van der Waals surface area contributed by atoms with Gasteiger partial charge in [-0.15, -0.1) is 0 Å². The largest absolute Gasteiger partial charge is 0.387 e. The maximum Gasteiger partial charge on any atom is 0.0914 e. The van der Waals surface area contributed by atoms with E-state index in [9.17, 15) is 5.11 Å². The second-order valence-electron chi connectivity index (χ2n) is 6.43. The van der Waals surface area contributed by atoms with Gasteiger partial charge in [-0.2, -0.15) is 0 Å². The van der Waals surface area contributed by atoms with Crippen LogP contribution in [0.4, 0.5) is 0 Å². The number of hydrogen-bond donors (Lipinski definition) is 2. The zero-order valence-corrected chi connectivity index (χ0v) is 13.5. The summed E-state index contributed by atoms with van der Waals surface area (Å²) in [5.41, 5.74) is 2.33. The van der Waals surface area contributed by atoms with Crippen molar-refractivity contribution >= 4 is 0 Å². The Hall–Kier alpha value is -0.860. The highest BCUT2D eigenvalue weighted by Crippen LogP contribution is 2.18. The van der Waals surface area contributed by atoms with Gasteiger partial charge < -0.3 is 10.4 Å². The fourth-order valence-electron chi connectivity index (χ4n) is 2.26. The maximum absolute atomic E-state index is 10.1. The number of rotatable bonds is 9. The molecule has 20 heavy (non-hydrogen) atoms. The Morgan fingerprint density at radius 2 is 1.55 bits per heavy atom. The van der Waals surface area contributed by atoms with Crippen molar-refractivity contribution in [1.82, 2.24) is 5.32 Å². The molecule has 0 aromatic heterocycles. The Morgan fingerprint density at radius 3 is 2.10 bits per heavy atom. The van der Waals surface area contributed by atoms with Gasteiger partial charge in [-0.25, -0.2) is 0 Å². The summed E-state index contributed by atoms with van der Waals surface area (Å²) in [5.74, 6) is 1.33. The molecule has 0 fully saturated rings. The molecule has 1 atom stereocenters.